The second-order valence-corrected chi connectivity index (χ2v) is 8.30. The molecule has 3 N–H and O–H groups in total. The van der Waals surface area contributed by atoms with Crippen molar-refractivity contribution in [3.8, 4) is 11.5 Å². The van der Waals surface area contributed by atoms with Crippen molar-refractivity contribution in [2.24, 2.45) is 10.7 Å². The van der Waals surface area contributed by atoms with Crippen molar-refractivity contribution >= 4 is 28.6 Å². The average Bonchev–Trinajstić information content (AvgIpc) is 2.98. The van der Waals surface area contributed by atoms with E-state index in [0.29, 0.717) is 25.1 Å². The average molecular weight is 419 g/mol. The van der Waals surface area contributed by atoms with Crippen molar-refractivity contribution in [2.75, 3.05) is 36.5 Å². The number of guanidine groups is 1. The monoisotopic (exact) mass is 418 g/mol. The van der Waals surface area contributed by atoms with Crippen molar-refractivity contribution in [2.45, 2.75) is 31.8 Å². The molecule has 6 rings (SSSR count). The Morgan fingerprint density at radius 3 is 2.45 bits per heavy atom. The minimum Gasteiger partial charge on any atom is -0.489 e. The number of fused-ring (bicyclic) bond motifs is 4. The van der Waals surface area contributed by atoms with Crippen LogP contribution in [-0.2, 0) is 0 Å². The molecule has 0 aliphatic carbocycles. The van der Waals surface area contributed by atoms with Gasteiger partial charge in [-0.05, 0) is 37.0 Å². The van der Waals surface area contributed by atoms with Gasteiger partial charge in [-0.1, -0.05) is 12.1 Å². The Balaban J connectivity index is 1.41. The van der Waals surface area contributed by atoms with Crippen LogP contribution in [-0.4, -0.2) is 41.8 Å². The molecule has 160 valence electrons. The van der Waals surface area contributed by atoms with Crippen molar-refractivity contribution in [3.05, 3.63) is 42.0 Å². The molecule has 2 aromatic carbocycles. The molecular formula is C23H26N6O2. The highest BCUT2D eigenvalue weighted by molar-refractivity contribution is 5.95. The maximum atomic E-state index is 6.12. The molecule has 1 fully saturated rings. The molecule has 0 spiro atoms. The largest absolute Gasteiger partial charge is 0.489 e. The molecule has 1 atom stereocenters. The summed E-state index contributed by atoms with van der Waals surface area (Å²) in [5.74, 6) is 2.51. The number of piperidine rings is 1. The van der Waals surface area contributed by atoms with Gasteiger partial charge in [0.2, 0.25) is 5.95 Å². The van der Waals surface area contributed by atoms with E-state index in [9.17, 15) is 0 Å². The standard InChI is InChI=1S/C23H26N6O2/c24-22-26-21(15-5-7-16(8-6-15)28-9-2-1-3-10-28)29-18-14-20-19(30-11-4-12-31-20)13-17(18)25-23(29)27-22/h5-8,13-14,21H,1-4,9-12H2,(H3,24,25,26,27). The SMILES string of the molecule is NC1=NC(c2ccc(N3CCCCC3)cc2)n2c(nc3cc4c(cc32)OCCCO4)N1. The Bertz CT molecular complexity index is 1150. The fourth-order valence-corrected chi connectivity index (χ4v) is 4.66. The number of benzene rings is 2. The summed E-state index contributed by atoms with van der Waals surface area (Å²) in [4.78, 5) is 11.9. The Kier molecular flexibility index (Phi) is 4.36. The van der Waals surface area contributed by atoms with Gasteiger partial charge in [-0.25, -0.2) is 9.98 Å². The van der Waals surface area contributed by atoms with Gasteiger partial charge >= 0.3 is 0 Å². The highest BCUT2D eigenvalue weighted by Gasteiger charge is 2.27. The van der Waals surface area contributed by atoms with Crippen LogP contribution in [0.15, 0.2) is 41.4 Å². The number of aromatic nitrogens is 2. The molecule has 1 aromatic heterocycles. The topological polar surface area (TPSA) is 89.9 Å². The van der Waals surface area contributed by atoms with E-state index in [2.05, 4.69) is 39.0 Å². The Morgan fingerprint density at radius 2 is 1.68 bits per heavy atom. The van der Waals surface area contributed by atoms with Crippen LogP contribution < -0.4 is 25.4 Å². The van der Waals surface area contributed by atoms with Crippen LogP contribution in [0.2, 0.25) is 0 Å². The molecule has 0 radical (unpaired) electrons. The predicted molar refractivity (Wildman–Crippen MR) is 121 cm³/mol. The first-order valence-corrected chi connectivity index (χ1v) is 11.0. The van der Waals surface area contributed by atoms with Crippen LogP contribution in [0.25, 0.3) is 11.0 Å². The van der Waals surface area contributed by atoms with Gasteiger partial charge in [-0.15, -0.1) is 0 Å². The molecule has 1 saturated heterocycles. The summed E-state index contributed by atoms with van der Waals surface area (Å²) in [6.07, 6.45) is 4.43. The molecule has 0 amide bonds. The Hall–Kier alpha value is -3.42. The van der Waals surface area contributed by atoms with Crippen LogP contribution in [0, 0.1) is 0 Å². The number of rotatable bonds is 2. The molecule has 0 saturated carbocycles. The van der Waals surface area contributed by atoms with E-state index < -0.39 is 0 Å². The van der Waals surface area contributed by atoms with Crippen molar-refractivity contribution in [1.29, 1.82) is 0 Å². The van der Waals surface area contributed by atoms with Gasteiger partial charge in [0.15, 0.2) is 23.6 Å². The van der Waals surface area contributed by atoms with E-state index in [1.54, 1.807) is 0 Å². The Morgan fingerprint density at radius 1 is 0.935 bits per heavy atom. The number of imidazole rings is 1. The zero-order chi connectivity index (χ0) is 20.8. The summed E-state index contributed by atoms with van der Waals surface area (Å²) in [7, 11) is 0. The van der Waals surface area contributed by atoms with Gasteiger partial charge in [0.25, 0.3) is 0 Å². The lowest BCUT2D eigenvalue weighted by Gasteiger charge is -2.29. The molecule has 3 aromatic rings. The number of hydrogen-bond acceptors (Lipinski definition) is 7. The minimum absolute atomic E-state index is 0.290. The maximum absolute atomic E-state index is 6.12. The molecule has 8 nitrogen and oxygen atoms in total. The molecule has 31 heavy (non-hydrogen) atoms. The number of nitrogens with zero attached hydrogens (tertiary/aromatic N) is 4. The third-order valence-electron chi connectivity index (χ3n) is 6.22. The van der Waals surface area contributed by atoms with Gasteiger partial charge in [0, 0.05) is 37.3 Å². The summed E-state index contributed by atoms with van der Waals surface area (Å²) in [5, 5.41) is 3.10. The molecular weight excluding hydrogens is 392 g/mol. The normalized spacial score (nSPS) is 20.6. The Labute approximate surface area is 180 Å². The van der Waals surface area contributed by atoms with E-state index in [-0.39, 0.29) is 6.17 Å². The summed E-state index contributed by atoms with van der Waals surface area (Å²) in [6, 6.07) is 12.6. The van der Waals surface area contributed by atoms with Gasteiger partial charge in [0.05, 0.1) is 24.2 Å². The number of aliphatic imine (C=N–C) groups is 1. The number of hydrogen-bond donors (Lipinski definition) is 2. The third-order valence-corrected chi connectivity index (χ3v) is 6.22. The van der Waals surface area contributed by atoms with E-state index in [4.69, 9.17) is 25.2 Å². The second kappa shape index (κ2) is 7.37. The van der Waals surface area contributed by atoms with Crippen molar-refractivity contribution < 1.29 is 9.47 Å². The minimum atomic E-state index is -0.290. The van der Waals surface area contributed by atoms with E-state index >= 15 is 0 Å². The molecule has 4 heterocycles. The van der Waals surface area contributed by atoms with Crippen LogP contribution in [0.3, 0.4) is 0 Å². The first-order valence-electron chi connectivity index (χ1n) is 11.0. The molecule has 3 aliphatic heterocycles. The van der Waals surface area contributed by atoms with Gasteiger partial charge in [-0.3, -0.25) is 9.88 Å². The quantitative estimate of drug-likeness (QED) is 0.662. The van der Waals surface area contributed by atoms with Gasteiger partial charge in [0.1, 0.15) is 0 Å². The lowest BCUT2D eigenvalue weighted by atomic mass is 10.1. The number of nitrogens with one attached hydrogen (secondary N) is 1. The molecule has 8 heteroatoms. The third kappa shape index (κ3) is 3.22. The van der Waals surface area contributed by atoms with E-state index in [1.165, 1.54) is 24.9 Å². The van der Waals surface area contributed by atoms with Gasteiger partial charge in [-0.2, -0.15) is 0 Å². The van der Waals surface area contributed by atoms with Gasteiger partial charge < -0.3 is 20.1 Å². The lowest BCUT2D eigenvalue weighted by Crippen LogP contribution is -2.31. The predicted octanol–water partition coefficient (Wildman–Crippen LogP) is 3.48. The molecule has 1 unspecified atom stereocenters. The maximum Gasteiger partial charge on any atom is 0.212 e. The van der Waals surface area contributed by atoms with Crippen molar-refractivity contribution in [1.82, 2.24) is 9.55 Å². The first-order chi connectivity index (χ1) is 15.3. The highest BCUT2D eigenvalue weighted by atomic mass is 16.5. The lowest BCUT2D eigenvalue weighted by molar-refractivity contribution is 0.297. The van der Waals surface area contributed by atoms with Crippen LogP contribution in [0.1, 0.15) is 37.4 Å². The highest BCUT2D eigenvalue weighted by Crippen LogP contribution is 2.39. The second-order valence-electron chi connectivity index (χ2n) is 8.30. The van der Waals surface area contributed by atoms with Crippen LogP contribution in [0.4, 0.5) is 11.6 Å². The fourth-order valence-electron chi connectivity index (χ4n) is 4.66. The summed E-state index contributed by atoms with van der Waals surface area (Å²) in [6.45, 7) is 3.54. The van der Waals surface area contributed by atoms with Crippen LogP contribution >= 0.6 is 0 Å². The molecule has 3 aliphatic rings. The van der Waals surface area contributed by atoms with E-state index in [0.717, 1.165) is 47.6 Å². The van der Waals surface area contributed by atoms with Crippen LogP contribution in [0.5, 0.6) is 11.5 Å². The number of anilines is 2. The fraction of sp³-hybridized carbons (Fsp3) is 0.391. The number of ether oxygens (including phenoxy) is 2. The zero-order valence-corrected chi connectivity index (χ0v) is 17.4. The van der Waals surface area contributed by atoms with Crippen molar-refractivity contribution in [3.63, 3.8) is 0 Å². The van der Waals surface area contributed by atoms with E-state index in [1.807, 2.05) is 12.1 Å². The summed E-state index contributed by atoms with van der Waals surface area (Å²) >= 11 is 0. The zero-order valence-electron chi connectivity index (χ0n) is 17.4. The smallest absolute Gasteiger partial charge is 0.212 e. The first kappa shape index (κ1) is 18.4. The summed E-state index contributed by atoms with van der Waals surface area (Å²) < 4.78 is 13.8. The summed E-state index contributed by atoms with van der Waals surface area (Å²) in [5.41, 5.74) is 10.2. The number of nitrogens with two attached hydrogens (primary N) is 1. The molecule has 0 bridgehead atoms.